The van der Waals surface area contributed by atoms with Crippen LogP contribution in [0.25, 0.3) is 11.8 Å². The van der Waals surface area contributed by atoms with Gasteiger partial charge in [-0.2, -0.15) is 4.68 Å². The molecule has 0 saturated carbocycles. The van der Waals surface area contributed by atoms with Crippen molar-refractivity contribution in [3.8, 4) is 5.69 Å². The molecular weight excluding hydrogens is 288 g/mol. The monoisotopic (exact) mass is 294 g/mol. The van der Waals surface area contributed by atoms with Gasteiger partial charge < -0.3 is 10.2 Å². The van der Waals surface area contributed by atoms with Crippen LogP contribution in [0.1, 0.15) is 16.2 Å². The van der Waals surface area contributed by atoms with Crippen LogP contribution < -0.4 is 0 Å². The molecule has 0 unspecified atom stereocenters. The van der Waals surface area contributed by atoms with Gasteiger partial charge in [0.2, 0.25) is 0 Å². The molecular formula is C11H7ClN4O4. The number of tetrazole rings is 1. The first-order chi connectivity index (χ1) is 9.49. The van der Waals surface area contributed by atoms with Crippen molar-refractivity contribution in [2.24, 2.45) is 0 Å². The molecule has 0 radical (unpaired) electrons. The van der Waals surface area contributed by atoms with E-state index in [9.17, 15) is 9.59 Å². The molecule has 1 aromatic heterocycles. The maximum Gasteiger partial charge on any atom is 0.337 e. The third-order valence-electron chi connectivity index (χ3n) is 2.29. The van der Waals surface area contributed by atoms with Crippen LogP contribution >= 0.6 is 11.6 Å². The summed E-state index contributed by atoms with van der Waals surface area (Å²) < 4.78 is 1.20. The van der Waals surface area contributed by atoms with Crippen LogP contribution in [0.15, 0.2) is 24.3 Å². The molecule has 0 saturated heterocycles. The van der Waals surface area contributed by atoms with Crippen molar-refractivity contribution < 1.29 is 19.8 Å². The Labute approximate surface area is 116 Å². The number of halogens is 1. The molecule has 20 heavy (non-hydrogen) atoms. The summed E-state index contributed by atoms with van der Waals surface area (Å²) in [5.41, 5.74) is 0.245. The Kier molecular flexibility index (Phi) is 3.76. The lowest BCUT2D eigenvalue weighted by Crippen LogP contribution is -2.04. The van der Waals surface area contributed by atoms with Crippen molar-refractivity contribution >= 4 is 29.6 Å². The average molecular weight is 295 g/mol. The minimum absolute atomic E-state index is 0.0805. The highest BCUT2D eigenvalue weighted by molar-refractivity contribution is 6.33. The number of hydrogen-bond donors (Lipinski definition) is 2. The normalized spacial score (nSPS) is 10.8. The Bertz CT molecular complexity index is 710. The van der Waals surface area contributed by atoms with Crippen LogP contribution in [0.5, 0.6) is 0 Å². The summed E-state index contributed by atoms with van der Waals surface area (Å²) in [4.78, 5) is 21.5. The second kappa shape index (κ2) is 5.49. The Morgan fingerprint density at radius 1 is 1.30 bits per heavy atom. The predicted molar refractivity (Wildman–Crippen MR) is 67.8 cm³/mol. The third-order valence-corrected chi connectivity index (χ3v) is 2.62. The number of rotatable bonds is 4. The molecule has 0 fully saturated rings. The second-order valence-corrected chi connectivity index (χ2v) is 4.00. The minimum Gasteiger partial charge on any atom is -0.478 e. The molecule has 102 valence electrons. The van der Waals surface area contributed by atoms with Crippen molar-refractivity contribution in [2.45, 2.75) is 0 Å². The van der Waals surface area contributed by atoms with Crippen molar-refractivity contribution in [3.63, 3.8) is 0 Å². The van der Waals surface area contributed by atoms with E-state index in [0.717, 1.165) is 6.08 Å². The fourth-order valence-electron chi connectivity index (χ4n) is 1.44. The number of carbonyl (C=O) groups is 2. The molecule has 0 bridgehead atoms. The van der Waals surface area contributed by atoms with Gasteiger partial charge in [-0.1, -0.05) is 11.6 Å². The molecule has 2 N–H and O–H groups in total. The zero-order valence-electron chi connectivity index (χ0n) is 9.76. The number of aromatic carboxylic acids is 1. The molecule has 0 spiro atoms. The summed E-state index contributed by atoms with van der Waals surface area (Å²) in [5, 5.41) is 28.4. The van der Waals surface area contributed by atoms with Gasteiger partial charge >= 0.3 is 11.9 Å². The van der Waals surface area contributed by atoms with Gasteiger partial charge in [0.1, 0.15) is 0 Å². The summed E-state index contributed by atoms with van der Waals surface area (Å²) in [6.07, 6.45) is 2.06. The number of carboxylic acid groups (broad SMARTS) is 2. The van der Waals surface area contributed by atoms with E-state index in [1.54, 1.807) is 0 Å². The van der Waals surface area contributed by atoms with E-state index in [4.69, 9.17) is 21.8 Å². The quantitative estimate of drug-likeness (QED) is 0.811. The van der Waals surface area contributed by atoms with Crippen LogP contribution in [-0.4, -0.2) is 42.4 Å². The molecule has 9 heteroatoms. The molecule has 8 nitrogen and oxygen atoms in total. The smallest absolute Gasteiger partial charge is 0.337 e. The molecule has 1 heterocycles. The maximum atomic E-state index is 11.0. The Balaban J connectivity index is 2.47. The topological polar surface area (TPSA) is 118 Å². The standard InChI is InChI=1S/C11H7ClN4O4/c12-8-2-1-6(5-7(8)11(19)20)16-9(13-14-15-16)3-4-10(17)18/h1-5H,(H,17,18)(H,19,20)/b4-3+. The summed E-state index contributed by atoms with van der Waals surface area (Å²) in [6, 6.07) is 4.20. The first kappa shape index (κ1) is 13.7. The van der Waals surface area contributed by atoms with E-state index < -0.39 is 11.9 Å². The zero-order chi connectivity index (χ0) is 14.7. The van der Waals surface area contributed by atoms with Crippen molar-refractivity contribution in [1.82, 2.24) is 20.2 Å². The molecule has 0 amide bonds. The zero-order valence-corrected chi connectivity index (χ0v) is 10.5. The number of carboxylic acids is 2. The summed E-state index contributed by atoms with van der Waals surface area (Å²) in [6.45, 7) is 0. The molecule has 0 aliphatic rings. The lowest BCUT2D eigenvalue weighted by Gasteiger charge is -2.04. The Hall–Kier alpha value is -2.74. The molecule has 0 aliphatic carbocycles. The molecule has 2 aromatic rings. The van der Waals surface area contributed by atoms with E-state index in [1.807, 2.05) is 0 Å². The van der Waals surface area contributed by atoms with Crippen LogP contribution in [0.4, 0.5) is 0 Å². The van der Waals surface area contributed by atoms with E-state index in [0.29, 0.717) is 5.69 Å². The first-order valence-electron chi connectivity index (χ1n) is 5.21. The first-order valence-corrected chi connectivity index (χ1v) is 5.59. The largest absolute Gasteiger partial charge is 0.478 e. The second-order valence-electron chi connectivity index (χ2n) is 3.59. The van der Waals surface area contributed by atoms with Gasteiger partial charge in [-0.3, -0.25) is 0 Å². The SMILES string of the molecule is O=C(O)/C=C/c1nnnn1-c1ccc(Cl)c(C(=O)O)c1. The fraction of sp³-hybridized carbons (Fsp3) is 0. The van der Waals surface area contributed by atoms with Crippen molar-refractivity contribution in [2.75, 3.05) is 0 Å². The fourth-order valence-corrected chi connectivity index (χ4v) is 1.63. The van der Waals surface area contributed by atoms with Gasteiger partial charge in [-0.25, -0.2) is 9.59 Å². The molecule has 2 rings (SSSR count). The number of aliphatic carboxylic acids is 1. The summed E-state index contributed by atoms with van der Waals surface area (Å²) >= 11 is 5.76. The minimum atomic E-state index is -1.19. The van der Waals surface area contributed by atoms with Gasteiger partial charge in [-0.05, 0) is 34.7 Å². The summed E-state index contributed by atoms with van der Waals surface area (Å²) in [7, 11) is 0. The van der Waals surface area contributed by atoms with Crippen LogP contribution in [-0.2, 0) is 4.79 Å². The van der Waals surface area contributed by atoms with E-state index in [-0.39, 0.29) is 16.4 Å². The van der Waals surface area contributed by atoms with Crippen LogP contribution in [0.3, 0.4) is 0 Å². The van der Waals surface area contributed by atoms with Gasteiger partial charge in [0.15, 0.2) is 5.82 Å². The highest BCUT2D eigenvalue weighted by Crippen LogP contribution is 2.20. The number of nitrogens with zero attached hydrogens (tertiary/aromatic N) is 4. The molecule has 0 aliphatic heterocycles. The van der Waals surface area contributed by atoms with E-state index in [2.05, 4.69) is 15.5 Å². The number of benzene rings is 1. The Morgan fingerprint density at radius 3 is 2.70 bits per heavy atom. The number of aromatic nitrogens is 4. The molecule has 1 aromatic carbocycles. The lowest BCUT2D eigenvalue weighted by atomic mass is 10.2. The van der Waals surface area contributed by atoms with E-state index >= 15 is 0 Å². The maximum absolute atomic E-state index is 11.0. The van der Waals surface area contributed by atoms with Gasteiger partial charge in [0, 0.05) is 6.08 Å². The lowest BCUT2D eigenvalue weighted by molar-refractivity contribution is -0.131. The highest BCUT2D eigenvalue weighted by Gasteiger charge is 2.12. The molecule has 0 atom stereocenters. The summed E-state index contributed by atoms with van der Waals surface area (Å²) in [5.74, 6) is -2.19. The van der Waals surface area contributed by atoms with E-state index in [1.165, 1.54) is 29.0 Å². The van der Waals surface area contributed by atoms with Crippen LogP contribution in [0.2, 0.25) is 5.02 Å². The highest BCUT2D eigenvalue weighted by atomic mass is 35.5. The van der Waals surface area contributed by atoms with Crippen molar-refractivity contribution in [1.29, 1.82) is 0 Å². The van der Waals surface area contributed by atoms with Gasteiger partial charge in [0.05, 0.1) is 16.3 Å². The van der Waals surface area contributed by atoms with Gasteiger partial charge in [0.25, 0.3) is 0 Å². The third kappa shape index (κ3) is 2.81. The average Bonchev–Trinajstić information content (AvgIpc) is 2.85. The predicted octanol–water partition coefficient (Wildman–Crippen LogP) is 1.11. The van der Waals surface area contributed by atoms with Crippen molar-refractivity contribution in [3.05, 3.63) is 40.7 Å². The number of hydrogen-bond acceptors (Lipinski definition) is 5. The van der Waals surface area contributed by atoms with Gasteiger partial charge in [-0.15, -0.1) is 5.10 Å². The Morgan fingerprint density at radius 2 is 2.05 bits per heavy atom. The van der Waals surface area contributed by atoms with Crippen LogP contribution in [0, 0.1) is 0 Å².